The van der Waals surface area contributed by atoms with Crippen molar-refractivity contribution < 1.29 is 14.3 Å². The van der Waals surface area contributed by atoms with Crippen molar-refractivity contribution in [3.63, 3.8) is 0 Å². The molecule has 0 aliphatic heterocycles. The first-order valence-corrected chi connectivity index (χ1v) is 8.32. The van der Waals surface area contributed by atoms with Gasteiger partial charge in [0, 0.05) is 13.6 Å². The number of carbonyl (C=O) groups is 2. The van der Waals surface area contributed by atoms with Gasteiger partial charge in [0.25, 0.3) is 0 Å². The number of amides is 2. The van der Waals surface area contributed by atoms with Crippen LogP contribution in [0.4, 0.5) is 10.6 Å². The van der Waals surface area contributed by atoms with Gasteiger partial charge in [-0.1, -0.05) is 30.3 Å². The molecule has 0 unspecified atom stereocenters. The van der Waals surface area contributed by atoms with Gasteiger partial charge in [-0.15, -0.1) is 0 Å². The van der Waals surface area contributed by atoms with Crippen LogP contribution in [0.3, 0.4) is 0 Å². The second-order valence-electron chi connectivity index (χ2n) is 5.62. The Morgan fingerprint density at radius 3 is 2.64 bits per heavy atom. The highest BCUT2D eigenvalue weighted by molar-refractivity contribution is 6.00. The Balaban J connectivity index is 1.89. The molecule has 2 rings (SSSR count). The molecule has 25 heavy (non-hydrogen) atoms. The largest absolute Gasteiger partial charge is 0.462 e. The summed E-state index contributed by atoms with van der Waals surface area (Å²) >= 11 is 0. The number of hydrogen-bond donors (Lipinski definition) is 2. The van der Waals surface area contributed by atoms with Crippen LogP contribution >= 0.6 is 0 Å². The Morgan fingerprint density at radius 2 is 1.96 bits per heavy atom. The van der Waals surface area contributed by atoms with E-state index < -0.39 is 5.97 Å². The Labute approximate surface area is 147 Å². The van der Waals surface area contributed by atoms with E-state index in [9.17, 15) is 9.59 Å². The highest BCUT2D eigenvalue weighted by Crippen LogP contribution is 2.19. The molecule has 7 nitrogen and oxygen atoms in total. The van der Waals surface area contributed by atoms with E-state index in [0.29, 0.717) is 18.1 Å². The summed E-state index contributed by atoms with van der Waals surface area (Å²) in [5.74, 6) is -0.163. The molecule has 1 aromatic heterocycles. The first kappa shape index (κ1) is 18.5. The zero-order chi connectivity index (χ0) is 18.2. The Bertz CT molecular complexity index is 725. The number of rotatable bonds is 7. The van der Waals surface area contributed by atoms with E-state index in [1.807, 2.05) is 18.2 Å². The summed E-state index contributed by atoms with van der Waals surface area (Å²) in [4.78, 5) is 24.2. The molecule has 0 bridgehead atoms. The van der Waals surface area contributed by atoms with Crippen LogP contribution in [0.5, 0.6) is 0 Å². The first-order valence-electron chi connectivity index (χ1n) is 8.32. The summed E-state index contributed by atoms with van der Waals surface area (Å²) in [7, 11) is 1.67. The van der Waals surface area contributed by atoms with Gasteiger partial charge in [0.2, 0.25) is 0 Å². The summed E-state index contributed by atoms with van der Waals surface area (Å²) in [6, 6.07) is 9.72. The number of ether oxygens (including phenoxy) is 1. The van der Waals surface area contributed by atoms with E-state index in [1.165, 1.54) is 10.2 Å². The predicted octanol–water partition coefficient (Wildman–Crippen LogP) is 2.66. The number of nitrogens with one attached hydrogen (secondary N) is 2. The van der Waals surface area contributed by atoms with E-state index in [2.05, 4.69) is 27.9 Å². The number of benzene rings is 1. The summed E-state index contributed by atoms with van der Waals surface area (Å²) in [6.45, 7) is 4.23. The number of aromatic nitrogens is 2. The number of hydrogen-bond acceptors (Lipinski definition) is 4. The lowest BCUT2D eigenvalue weighted by Gasteiger charge is -2.10. The fourth-order valence-corrected chi connectivity index (χ4v) is 2.54. The lowest BCUT2D eigenvalue weighted by atomic mass is 10.1. The van der Waals surface area contributed by atoms with Gasteiger partial charge in [-0.25, -0.2) is 9.59 Å². The molecule has 1 heterocycles. The standard InChI is InChI=1S/C18H24N4O3/c1-4-25-17(23)15-13(2)21-22(3)16(15)20-18(24)19-12-8-11-14-9-6-5-7-10-14/h5-7,9-10H,4,8,11-12H2,1-3H3,(H2,19,20,24). The van der Waals surface area contributed by atoms with Crippen LogP contribution in [0.25, 0.3) is 0 Å². The van der Waals surface area contributed by atoms with Crippen LogP contribution in [0.1, 0.15) is 35.0 Å². The van der Waals surface area contributed by atoms with Crippen molar-refractivity contribution in [3.8, 4) is 0 Å². The fourth-order valence-electron chi connectivity index (χ4n) is 2.54. The Kier molecular flexibility index (Phi) is 6.56. The van der Waals surface area contributed by atoms with Gasteiger partial charge in [-0.05, 0) is 32.3 Å². The lowest BCUT2D eigenvalue weighted by molar-refractivity contribution is 0.0526. The third-order valence-corrected chi connectivity index (χ3v) is 3.70. The molecule has 1 aromatic carbocycles. The summed E-state index contributed by atoms with van der Waals surface area (Å²) < 4.78 is 6.49. The van der Waals surface area contributed by atoms with Gasteiger partial charge in [-0.2, -0.15) is 5.10 Å². The maximum atomic E-state index is 12.1. The number of nitrogens with zero attached hydrogens (tertiary/aromatic N) is 2. The number of aryl methyl sites for hydroxylation is 3. The predicted molar refractivity (Wildman–Crippen MR) is 95.7 cm³/mol. The molecule has 0 fully saturated rings. The molecule has 0 saturated carbocycles. The SMILES string of the molecule is CCOC(=O)c1c(C)nn(C)c1NC(=O)NCCCc1ccccc1. The van der Waals surface area contributed by atoms with E-state index >= 15 is 0 Å². The quantitative estimate of drug-likeness (QED) is 0.597. The van der Waals surface area contributed by atoms with Crippen LogP contribution in [0, 0.1) is 6.92 Å². The molecule has 0 saturated heterocycles. The zero-order valence-corrected chi connectivity index (χ0v) is 14.8. The van der Waals surface area contributed by atoms with Crippen LogP contribution < -0.4 is 10.6 Å². The van der Waals surface area contributed by atoms with Crippen molar-refractivity contribution in [1.29, 1.82) is 0 Å². The monoisotopic (exact) mass is 344 g/mol. The van der Waals surface area contributed by atoms with Crippen molar-refractivity contribution in [2.75, 3.05) is 18.5 Å². The van der Waals surface area contributed by atoms with Gasteiger partial charge in [0.15, 0.2) is 0 Å². The Hall–Kier alpha value is -2.83. The van der Waals surface area contributed by atoms with Crippen molar-refractivity contribution >= 4 is 17.8 Å². The zero-order valence-electron chi connectivity index (χ0n) is 14.8. The minimum absolute atomic E-state index is 0.262. The van der Waals surface area contributed by atoms with E-state index in [4.69, 9.17) is 4.74 Å². The molecular weight excluding hydrogens is 320 g/mol. The second kappa shape index (κ2) is 8.86. The summed E-state index contributed by atoms with van der Waals surface area (Å²) in [5, 5.41) is 9.66. The van der Waals surface area contributed by atoms with Crippen molar-refractivity contribution in [1.82, 2.24) is 15.1 Å². The van der Waals surface area contributed by atoms with Crippen molar-refractivity contribution in [3.05, 3.63) is 47.2 Å². The minimum atomic E-state index is -0.493. The fraction of sp³-hybridized carbons (Fsp3) is 0.389. The Morgan fingerprint density at radius 1 is 1.24 bits per heavy atom. The van der Waals surface area contributed by atoms with Crippen molar-refractivity contribution in [2.45, 2.75) is 26.7 Å². The number of esters is 1. The van der Waals surface area contributed by atoms with Crippen LogP contribution in [-0.2, 0) is 18.2 Å². The van der Waals surface area contributed by atoms with Crippen LogP contribution in [-0.4, -0.2) is 34.9 Å². The topological polar surface area (TPSA) is 85.2 Å². The lowest BCUT2D eigenvalue weighted by Crippen LogP contribution is -2.31. The van der Waals surface area contributed by atoms with E-state index in [-0.39, 0.29) is 18.2 Å². The van der Waals surface area contributed by atoms with Gasteiger partial charge < -0.3 is 10.1 Å². The molecule has 2 aromatic rings. The molecule has 0 atom stereocenters. The number of carbonyl (C=O) groups excluding carboxylic acids is 2. The minimum Gasteiger partial charge on any atom is -0.462 e. The second-order valence-corrected chi connectivity index (χ2v) is 5.62. The summed E-state index contributed by atoms with van der Waals surface area (Å²) in [5.41, 5.74) is 2.03. The molecule has 134 valence electrons. The normalized spacial score (nSPS) is 10.4. The van der Waals surface area contributed by atoms with Gasteiger partial charge in [0.05, 0.1) is 12.3 Å². The van der Waals surface area contributed by atoms with Gasteiger partial charge in [-0.3, -0.25) is 10.00 Å². The third-order valence-electron chi connectivity index (χ3n) is 3.70. The van der Waals surface area contributed by atoms with Crippen LogP contribution in [0.2, 0.25) is 0 Å². The molecule has 0 aliphatic carbocycles. The maximum absolute atomic E-state index is 12.1. The first-order chi connectivity index (χ1) is 12.0. The third kappa shape index (κ3) is 5.07. The molecule has 0 radical (unpaired) electrons. The summed E-state index contributed by atoms with van der Waals surface area (Å²) in [6.07, 6.45) is 1.71. The van der Waals surface area contributed by atoms with Crippen LogP contribution in [0.15, 0.2) is 30.3 Å². The van der Waals surface area contributed by atoms with E-state index in [0.717, 1.165) is 12.8 Å². The maximum Gasteiger partial charge on any atom is 0.343 e. The molecular formula is C18H24N4O3. The highest BCUT2D eigenvalue weighted by Gasteiger charge is 2.22. The highest BCUT2D eigenvalue weighted by atomic mass is 16.5. The number of anilines is 1. The van der Waals surface area contributed by atoms with Gasteiger partial charge >= 0.3 is 12.0 Å². The molecule has 0 spiro atoms. The molecule has 7 heteroatoms. The molecule has 0 aliphatic rings. The average Bonchev–Trinajstić information content (AvgIpc) is 2.86. The average molecular weight is 344 g/mol. The number of urea groups is 1. The van der Waals surface area contributed by atoms with E-state index in [1.54, 1.807) is 20.9 Å². The molecule has 2 amide bonds. The van der Waals surface area contributed by atoms with Crippen molar-refractivity contribution in [2.24, 2.45) is 7.05 Å². The van der Waals surface area contributed by atoms with Gasteiger partial charge in [0.1, 0.15) is 11.4 Å². The molecule has 2 N–H and O–H groups in total. The smallest absolute Gasteiger partial charge is 0.343 e.